The lowest BCUT2D eigenvalue weighted by atomic mass is 10.1. The minimum absolute atomic E-state index is 0.392. The fraction of sp³-hybridized carbons (Fsp3) is 0.154. The minimum atomic E-state index is -0.392. The van der Waals surface area contributed by atoms with Crippen molar-refractivity contribution in [2.75, 3.05) is 0 Å². The molecule has 1 heterocycles. The molecule has 0 aliphatic heterocycles. The van der Waals surface area contributed by atoms with Crippen molar-refractivity contribution in [3.05, 3.63) is 42.6 Å². The van der Waals surface area contributed by atoms with Gasteiger partial charge in [0.1, 0.15) is 12.3 Å². The molecule has 0 saturated heterocycles. The topological polar surface area (TPSA) is 45.2 Å². The van der Waals surface area contributed by atoms with Crippen LogP contribution in [0.15, 0.2) is 42.0 Å². The van der Waals surface area contributed by atoms with Crippen LogP contribution >= 0.6 is 0 Å². The van der Waals surface area contributed by atoms with Crippen molar-refractivity contribution in [2.45, 2.75) is 12.5 Å². The first-order chi connectivity index (χ1) is 7.85. The average Bonchev–Trinajstić information content (AvgIpc) is 2.72. The van der Waals surface area contributed by atoms with Crippen LogP contribution in [0.2, 0.25) is 0 Å². The molecule has 3 nitrogen and oxygen atoms in total. The van der Waals surface area contributed by atoms with E-state index in [0.29, 0.717) is 6.42 Å². The third-order valence-electron chi connectivity index (χ3n) is 2.52. The van der Waals surface area contributed by atoms with E-state index >= 15 is 0 Å². The zero-order valence-electron chi connectivity index (χ0n) is 8.81. The number of rotatable bonds is 4. The third-order valence-corrected chi connectivity index (χ3v) is 2.52. The maximum atomic E-state index is 10.8. The monoisotopic (exact) mass is 212 g/mol. The van der Waals surface area contributed by atoms with Gasteiger partial charge in [0.05, 0.1) is 0 Å². The number of H-pyrrole nitrogens is 1. The number of aldehydes is 1. The summed E-state index contributed by atoms with van der Waals surface area (Å²) in [5.41, 5.74) is 2.16. The quantitative estimate of drug-likeness (QED) is 0.612. The van der Waals surface area contributed by atoms with Crippen molar-refractivity contribution in [1.82, 2.24) is 4.98 Å². The Morgan fingerprint density at radius 3 is 3.06 bits per heavy atom. The number of carbonyl (C=O) groups excluding carboxylic acids is 1. The largest absolute Gasteiger partial charge is 0.361 e. The van der Waals surface area contributed by atoms with Gasteiger partial charge in [0.25, 0.3) is 0 Å². The molecule has 1 N–H and O–H groups in total. The lowest BCUT2D eigenvalue weighted by molar-refractivity contribution is -0.108. The van der Waals surface area contributed by atoms with Gasteiger partial charge < -0.3 is 9.78 Å². The van der Waals surface area contributed by atoms with E-state index < -0.39 is 6.04 Å². The van der Waals surface area contributed by atoms with E-state index in [1.807, 2.05) is 30.5 Å². The number of aromatic nitrogens is 1. The summed E-state index contributed by atoms with van der Waals surface area (Å²) in [6, 6.07) is 7.59. The molecule has 1 aromatic carbocycles. The summed E-state index contributed by atoms with van der Waals surface area (Å²) in [6.07, 6.45) is 3.32. The van der Waals surface area contributed by atoms with Crippen LogP contribution in [0.25, 0.3) is 10.9 Å². The summed E-state index contributed by atoms with van der Waals surface area (Å²) in [5, 5.41) is 1.13. The summed E-state index contributed by atoms with van der Waals surface area (Å²) >= 11 is 0. The SMILES string of the molecule is C=C=N[C@H](C=O)Cc1c[nH]c2ccccc12. The van der Waals surface area contributed by atoms with Crippen molar-refractivity contribution in [3.63, 3.8) is 0 Å². The Balaban J connectivity index is 2.33. The molecule has 0 radical (unpaired) electrons. The van der Waals surface area contributed by atoms with Gasteiger partial charge in [0.15, 0.2) is 0 Å². The lowest BCUT2D eigenvalue weighted by Crippen LogP contribution is -2.09. The van der Waals surface area contributed by atoms with Crippen LogP contribution in [0.5, 0.6) is 0 Å². The molecule has 80 valence electrons. The second-order valence-electron chi connectivity index (χ2n) is 3.55. The molecule has 0 bridgehead atoms. The van der Waals surface area contributed by atoms with E-state index in [-0.39, 0.29) is 0 Å². The summed E-state index contributed by atoms with van der Waals surface area (Å²) in [4.78, 5) is 17.8. The van der Waals surface area contributed by atoms with Crippen molar-refractivity contribution in [3.8, 4) is 0 Å². The van der Waals surface area contributed by atoms with E-state index in [1.165, 1.54) is 0 Å². The van der Waals surface area contributed by atoms with Crippen molar-refractivity contribution in [1.29, 1.82) is 0 Å². The minimum Gasteiger partial charge on any atom is -0.361 e. The van der Waals surface area contributed by atoms with Crippen LogP contribution in [0.3, 0.4) is 0 Å². The summed E-state index contributed by atoms with van der Waals surface area (Å²) in [6.45, 7) is 3.38. The van der Waals surface area contributed by atoms with Crippen molar-refractivity contribution in [2.24, 2.45) is 4.99 Å². The van der Waals surface area contributed by atoms with Gasteiger partial charge in [-0.1, -0.05) is 18.2 Å². The molecule has 2 rings (SSSR count). The van der Waals surface area contributed by atoms with Crippen LogP contribution in [0, 0.1) is 0 Å². The molecule has 1 atom stereocenters. The standard InChI is InChI=1S/C13H12N2O/c1-2-14-11(9-16)7-10-8-15-13-6-4-3-5-12(10)13/h3-6,8-9,11,15H,1,7H2/t11-/m0/s1. The molecule has 0 unspecified atom stereocenters. The molecule has 1 aromatic heterocycles. The van der Waals surface area contributed by atoms with E-state index in [1.54, 1.807) is 0 Å². The Morgan fingerprint density at radius 2 is 2.31 bits per heavy atom. The van der Waals surface area contributed by atoms with Crippen LogP contribution < -0.4 is 0 Å². The number of aliphatic imine (C=N–C) groups is 1. The highest BCUT2D eigenvalue weighted by molar-refractivity contribution is 5.83. The van der Waals surface area contributed by atoms with Gasteiger partial charge in [-0.25, -0.2) is 4.99 Å². The predicted octanol–water partition coefficient (Wildman–Crippen LogP) is 2.13. The van der Waals surface area contributed by atoms with Crippen molar-refractivity contribution < 1.29 is 4.79 Å². The maximum absolute atomic E-state index is 10.8. The number of hydrogen-bond donors (Lipinski definition) is 1. The number of hydrogen-bond acceptors (Lipinski definition) is 2. The highest BCUT2D eigenvalue weighted by Gasteiger charge is 2.09. The van der Waals surface area contributed by atoms with E-state index in [9.17, 15) is 4.79 Å². The third kappa shape index (κ3) is 1.95. The van der Waals surface area contributed by atoms with Crippen LogP contribution in [-0.4, -0.2) is 23.2 Å². The summed E-state index contributed by atoms with van der Waals surface area (Å²) in [5.74, 6) is 2.41. The fourth-order valence-corrected chi connectivity index (χ4v) is 1.77. The van der Waals surface area contributed by atoms with Gasteiger partial charge in [-0.3, -0.25) is 0 Å². The number of para-hydroxylation sites is 1. The Labute approximate surface area is 93.5 Å². The molecular weight excluding hydrogens is 200 g/mol. The predicted molar refractivity (Wildman–Crippen MR) is 64.9 cm³/mol. The molecule has 0 saturated carbocycles. The Bertz CT molecular complexity index is 550. The van der Waals surface area contributed by atoms with Gasteiger partial charge >= 0.3 is 0 Å². The normalized spacial score (nSPS) is 12.0. The average molecular weight is 212 g/mol. The van der Waals surface area contributed by atoms with Crippen molar-refractivity contribution >= 4 is 23.1 Å². The summed E-state index contributed by atoms with van der Waals surface area (Å²) in [7, 11) is 0. The maximum Gasteiger partial charge on any atom is 0.145 e. The number of benzene rings is 1. The summed E-state index contributed by atoms with van der Waals surface area (Å²) < 4.78 is 0. The van der Waals surface area contributed by atoms with E-state index in [0.717, 1.165) is 22.8 Å². The molecule has 0 aliphatic carbocycles. The van der Waals surface area contributed by atoms with Gasteiger partial charge in [-0.15, -0.1) is 0 Å². The first-order valence-corrected chi connectivity index (χ1v) is 5.07. The highest BCUT2D eigenvalue weighted by Crippen LogP contribution is 2.19. The second-order valence-corrected chi connectivity index (χ2v) is 3.55. The van der Waals surface area contributed by atoms with Crippen LogP contribution in [0.1, 0.15) is 5.56 Å². The molecule has 0 spiro atoms. The second kappa shape index (κ2) is 4.60. The highest BCUT2D eigenvalue weighted by atomic mass is 16.1. The fourth-order valence-electron chi connectivity index (χ4n) is 1.77. The van der Waals surface area contributed by atoms with Gasteiger partial charge in [-0.05, 0) is 24.1 Å². The Morgan fingerprint density at radius 1 is 1.50 bits per heavy atom. The number of nitrogens with one attached hydrogen (secondary N) is 1. The number of aromatic amines is 1. The van der Waals surface area contributed by atoms with Gasteiger partial charge in [-0.2, -0.15) is 0 Å². The zero-order valence-corrected chi connectivity index (χ0v) is 8.81. The number of fused-ring (bicyclic) bond motifs is 1. The Kier molecular flexibility index (Phi) is 2.99. The van der Waals surface area contributed by atoms with Crippen LogP contribution in [0.4, 0.5) is 0 Å². The van der Waals surface area contributed by atoms with E-state index in [4.69, 9.17) is 0 Å². The van der Waals surface area contributed by atoms with Gasteiger partial charge in [0.2, 0.25) is 0 Å². The lowest BCUT2D eigenvalue weighted by Gasteiger charge is -2.01. The molecule has 0 amide bonds. The number of carbonyl (C=O) groups is 1. The molecular formula is C13H12N2O. The zero-order chi connectivity index (χ0) is 11.4. The first kappa shape index (κ1) is 10.4. The number of nitrogens with zero attached hydrogens (tertiary/aromatic N) is 1. The van der Waals surface area contributed by atoms with E-state index in [2.05, 4.69) is 22.4 Å². The molecule has 0 fully saturated rings. The molecule has 3 heteroatoms. The molecule has 16 heavy (non-hydrogen) atoms. The smallest absolute Gasteiger partial charge is 0.145 e. The Hall–Kier alpha value is -2.12. The molecule has 2 aromatic rings. The van der Waals surface area contributed by atoms with Gasteiger partial charge in [0, 0.05) is 23.5 Å². The first-order valence-electron chi connectivity index (χ1n) is 5.07. The molecule has 0 aliphatic rings. The van der Waals surface area contributed by atoms with Crippen LogP contribution in [-0.2, 0) is 11.2 Å².